The Balaban J connectivity index is 0.00000704. The standard InChI is InChI=1S/C33H39N9O10P8S2.2Na/c1-40(57(61)51-31-13-3-26(4-14-31)19-20-42(24-59(43,44)45)25-60(46,47)48)35-21-27-5-9-29(10-6-27)49-23-37-54-33-17-15-32(16-18-33)52-58(62)41(2)36-22-28-7-11-30(12-8-28)50-55-56(53)39-38-34;;/h3-18,21-22,55H,19-20,23-25,53H2,1-2H3,(H2-2,43,44,45,46,47,48);;/q;2*+1. The first-order chi connectivity index (χ1) is 29.4. The summed E-state index contributed by atoms with van der Waals surface area (Å²) in [6, 6.07) is 28.9. The van der Waals surface area contributed by atoms with E-state index in [9.17, 15) is 18.9 Å². The van der Waals surface area contributed by atoms with Gasteiger partial charge in [0, 0.05) is 25.1 Å². The van der Waals surface area contributed by atoms with E-state index in [0.29, 0.717) is 23.0 Å². The van der Waals surface area contributed by atoms with Gasteiger partial charge < -0.3 is 38.0 Å². The average molecular weight is 1080 g/mol. The molecule has 0 aliphatic heterocycles. The van der Waals surface area contributed by atoms with Crippen LogP contribution in [-0.4, -0.2) is 76.6 Å². The normalized spacial score (nSPS) is 14.2. The van der Waals surface area contributed by atoms with E-state index in [1.807, 2.05) is 60.7 Å². The number of hydrazone groups is 2. The molecule has 31 heteroatoms. The third-order valence-electron chi connectivity index (χ3n) is 7.45. The minimum Gasteiger partial charge on any atom is -0.778 e. The van der Waals surface area contributed by atoms with Crippen LogP contribution in [0.2, 0.25) is 0 Å². The molecule has 0 heterocycles. The van der Waals surface area contributed by atoms with Gasteiger partial charge in [-0.05, 0) is 114 Å². The predicted octanol–water partition coefficient (Wildman–Crippen LogP) is 1.96. The molecule has 4 aromatic carbocycles. The van der Waals surface area contributed by atoms with Crippen LogP contribution in [0.3, 0.4) is 0 Å². The zero-order valence-corrected chi connectivity index (χ0v) is 47.8. The van der Waals surface area contributed by atoms with Crippen LogP contribution in [0.1, 0.15) is 16.7 Å². The minimum absolute atomic E-state index is 0. The van der Waals surface area contributed by atoms with Crippen molar-refractivity contribution in [2.24, 2.45) is 19.8 Å². The summed E-state index contributed by atoms with van der Waals surface area (Å²) < 4.78 is 53.3. The third kappa shape index (κ3) is 24.3. The molecule has 0 radical (unpaired) electrons. The zero-order chi connectivity index (χ0) is 45.1. The van der Waals surface area contributed by atoms with E-state index in [1.54, 1.807) is 67.7 Å². The van der Waals surface area contributed by atoms with E-state index in [4.69, 9.17) is 57.2 Å². The second-order valence-electron chi connectivity index (χ2n) is 12.3. The van der Waals surface area contributed by atoms with Crippen molar-refractivity contribution in [3.8, 4) is 23.0 Å². The first kappa shape index (κ1) is 59.1. The Labute approximate surface area is 433 Å². The van der Waals surface area contributed by atoms with Crippen LogP contribution in [0.5, 0.6) is 23.0 Å². The molecule has 0 aromatic heterocycles. The van der Waals surface area contributed by atoms with Gasteiger partial charge in [0.15, 0.2) is 18.2 Å². The van der Waals surface area contributed by atoms with Gasteiger partial charge in [-0.2, -0.15) is 0 Å². The van der Waals surface area contributed by atoms with Crippen LogP contribution in [0.25, 0.3) is 10.4 Å². The van der Waals surface area contributed by atoms with E-state index >= 15 is 0 Å². The van der Waals surface area contributed by atoms with E-state index < -0.39 is 49.4 Å². The molecule has 0 aliphatic carbocycles. The smallest absolute Gasteiger partial charge is 0.778 e. The van der Waals surface area contributed by atoms with Crippen LogP contribution >= 0.6 is 62.6 Å². The second kappa shape index (κ2) is 30.5. The van der Waals surface area contributed by atoms with Crippen LogP contribution < -0.4 is 92.5 Å². The molecule has 0 fully saturated rings. The Hall–Kier alpha value is -0.980. The van der Waals surface area contributed by atoms with Gasteiger partial charge in [-0.3, -0.25) is 13.9 Å². The Kier molecular flexibility index (Phi) is 28.2. The maximum Gasteiger partial charge on any atom is 1.00 e. The summed E-state index contributed by atoms with van der Waals surface area (Å²) in [5, 5.41) is 9.74. The number of hydrogen-bond acceptors (Lipinski definition) is 15. The van der Waals surface area contributed by atoms with Crippen molar-refractivity contribution >= 4 is 104 Å². The van der Waals surface area contributed by atoms with Crippen LogP contribution in [-0.2, 0) is 39.2 Å². The number of ether oxygens (including phenoxy) is 1. The molecular weight excluding hydrogens is 1040 g/mol. The number of benzene rings is 4. The average Bonchev–Trinajstić information content (AvgIpc) is 3.22. The maximum absolute atomic E-state index is 11.3. The first-order valence-electron chi connectivity index (χ1n) is 17.5. The summed E-state index contributed by atoms with van der Waals surface area (Å²) in [7, 11) is -6.85. The fourth-order valence-electron chi connectivity index (χ4n) is 4.60. The van der Waals surface area contributed by atoms with E-state index in [-0.39, 0.29) is 87.3 Å². The van der Waals surface area contributed by atoms with Crippen molar-refractivity contribution in [3.05, 3.63) is 124 Å². The number of rotatable bonds is 25. The largest absolute Gasteiger partial charge is 1.00 e. The van der Waals surface area contributed by atoms with Gasteiger partial charge in [0.1, 0.15) is 35.2 Å². The zero-order valence-electron chi connectivity index (χ0n) is 34.7. The Morgan fingerprint density at radius 1 is 0.812 bits per heavy atom. The second-order valence-corrected chi connectivity index (χ2v) is 27.0. The first-order valence-corrected chi connectivity index (χ1v) is 31.0. The van der Waals surface area contributed by atoms with Crippen molar-refractivity contribution in [2.45, 2.75) is 6.42 Å². The number of hydrogen-bond donors (Lipinski definition) is 2. The van der Waals surface area contributed by atoms with Crippen LogP contribution in [0, 0.1) is 0 Å². The summed E-state index contributed by atoms with van der Waals surface area (Å²) in [6.07, 6.45) is 1.74. The van der Waals surface area contributed by atoms with Crippen molar-refractivity contribution in [1.82, 2.24) is 14.5 Å². The molecule has 0 saturated heterocycles. The summed E-state index contributed by atoms with van der Waals surface area (Å²) >= 11 is 11.0. The Bertz CT molecular complexity index is 2330. The van der Waals surface area contributed by atoms with E-state index in [1.165, 1.54) is 4.78 Å². The van der Waals surface area contributed by atoms with Crippen molar-refractivity contribution in [2.75, 3.05) is 39.9 Å². The molecular formula is C33H39N9Na2O10P8S2+2. The number of nitrogens with zero attached hydrogens (tertiary/aromatic N) is 9. The molecule has 19 nitrogen and oxygen atoms in total. The van der Waals surface area contributed by atoms with Gasteiger partial charge in [-0.25, -0.2) is 4.74 Å². The maximum atomic E-state index is 11.3. The van der Waals surface area contributed by atoms with Gasteiger partial charge >= 0.3 is 73.3 Å². The van der Waals surface area contributed by atoms with Crippen molar-refractivity contribution in [1.29, 1.82) is 0 Å². The van der Waals surface area contributed by atoms with Gasteiger partial charge in [0.05, 0.1) is 46.5 Å². The fraction of sp³-hybridized carbons (Fsp3) is 0.212. The van der Waals surface area contributed by atoms with Gasteiger partial charge in [0.2, 0.25) is 23.6 Å². The predicted molar refractivity (Wildman–Crippen MR) is 255 cm³/mol. The molecule has 0 bridgehead atoms. The van der Waals surface area contributed by atoms with E-state index in [0.717, 1.165) is 35.3 Å². The van der Waals surface area contributed by atoms with Crippen molar-refractivity contribution in [3.63, 3.8) is 0 Å². The quantitative estimate of drug-likeness (QED) is 0.0183. The minimum atomic E-state index is -4.78. The van der Waals surface area contributed by atoms with Gasteiger partial charge in [-0.1, -0.05) is 35.5 Å². The molecule has 0 amide bonds. The summed E-state index contributed by atoms with van der Waals surface area (Å²) in [4.78, 5) is 48.1. The third-order valence-corrected chi connectivity index (χ3v) is 16.7. The fourth-order valence-corrected chi connectivity index (χ4v) is 10.6. The molecule has 4 aromatic rings. The Morgan fingerprint density at radius 2 is 1.27 bits per heavy atom. The van der Waals surface area contributed by atoms with Crippen molar-refractivity contribution < 1.29 is 106 Å². The molecule has 0 saturated carbocycles. The molecule has 64 heavy (non-hydrogen) atoms. The molecule has 0 aliphatic rings. The summed E-state index contributed by atoms with van der Waals surface area (Å²) in [5.74, 6) is 2.39. The van der Waals surface area contributed by atoms with E-state index in [2.05, 4.69) is 33.7 Å². The monoisotopic (exact) mass is 1080 g/mol. The molecule has 328 valence electrons. The topological polar surface area (TPSA) is 253 Å². The molecule has 0 spiro atoms. The molecule has 7 atom stereocenters. The van der Waals surface area contributed by atoms with Crippen LogP contribution in [0.4, 0.5) is 0 Å². The molecule has 7 unspecified atom stereocenters. The molecule has 4 rings (SSSR count). The summed E-state index contributed by atoms with van der Waals surface area (Å²) in [5.41, 5.74) is 10.9. The molecule has 2 N–H and O–H groups in total. The summed E-state index contributed by atoms with van der Waals surface area (Å²) in [6.45, 7) is 0.0955. The van der Waals surface area contributed by atoms with Gasteiger partial charge in [0.25, 0.3) is 0 Å². The number of azide groups is 1. The SMILES string of the molecule is CN(N=Cc1ccc(OCN=Pc2ccc(O[P+](=S)N(C)N=Cc3ccc(OPP(P)N=[N+]=[N-])cc3)cc2)cc1)[P+](=S)Oc1ccc(CCN(CP(=O)([O-])O)CP(=O)([O-])O)cc1.[Na+].[Na+]. The Morgan fingerprint density at radius 3 is 1.73 bits per heavy atom. The van der Waals surface area contributed by atoms with Gasteiger partial charge in [-0.15, -0.1) is 10.2 Å². The van der Waals surface area contributed by atoms with Crippen LogP contribution in [0.15, 0.2) is 117 Å².